The van der Waals surface area contributed by atoms with Crippen molar-refractivity contribution in [2.45, 2.75) is 45.8 Å². The van der Waals surface area contributed by atoms with Gasteiger partial charge >= 0.3 is 0 Å². The molecule has 7 heteroatoms. The van der Waals surface area contributed by atoms with Gasteiger partial charge in [0.25, 0.3) is 0 Å². The summed E-state index contributed by atoms with van der Waals surface area (Å²) in [5.41, 5.74) is 0.870. The van der Waals surface area contributed by atoms with Crippen molar-refractivity contribution in [3.63, 3.8) is 0 Å². The molecule has 0 bridgehead atoms. The number of methoxy groups -OCH3 is 1. The van der Waals surface area contributed by atoms with Crippen molar-refractivity contribution in [1.82, 2.24) is 4.72 Å². The molecule has 0 aliphatic heterocycles. The van der Waals surface area contributed by atoms with Gasteiger partial charge in [-0.25, -0.2) is 13.1 Å². The number of hydrogen-bond acceptors (Lipinski definition) is 5. The predicted molar refractivity (Wildman–Crippen MR) is 94.6 cm³/mol. The van der Waals surface area contributed by atoms with Crippen LogP contribution in [0.1, 0.15) is 45.2 Å². The highest BCUT2D eigenvalue weighted by Gasteiger charge is 2.16. The van der Waals surface area contributed by atoms with Crippen LogP contribution in [0.15, 0.2) is 24.3 Å². The topological polar surface area (TPSA) is 73.9 Å². The highest BCUT2D eigenvalue weighted by atomic mass is 32.2. The van der Waals surface area contributed by atoms with Crippen molar-refractivity contribution in [3.8, 4) is 5.75 Å². The molecule has 0 saturated heterocycles. The minimum atomic E-state index is -3.37. The second-order valence-electron chi connectivity index (χ2n) is 5.74. The molecule has 0 amide bonds. The van der Waals surface area contributed by atoms with Crippen molar-refractivity contribution >= 4 is 10.0 Å². The average Bonchev–Trinajstić information content (AvgIpc) is 2.54. The van der Waals surface area contributed by atoms with E-state index in [0.29, 0.717) is 13.0 Å². The summed E-state index contributed by atoms with van der Waals surface area (Å²) >= 11 is 0. The van der Waals surface area contributed by atoms with Gasteiger partial charge in [-0.15, -0.1) is 0 Å². The largest absolute Gasteiger partial charge is 0.491 e. The van der Waals surface area contributed by atoms with E-state index in [9.17, 15) is 8.42 Å². The standard InChI is InChI=1S/C17H29NO5S/c1-5-14(2)23-17-9-6-8-16(12-17)15(3)18-24(19,20)11-7-10-22-13-21-4/h6,8-9,12,14-15,18H,5,7,10-11,13H2,1-4H3/t14-,15-/m1/s1. The maximum Gasteiger partial charge on any atom is 0.212 e. The second kappa shape index (κ2) is 10.7. The Labute approximate surface area is 145 Å². The van der Waals surface area contributed by atoms with Crippen LogP contribution in [-0.2, 0) is 19.5 Å². The zero-order valence-electron chi connectivity index (χ0n) is 14.9. The van der Waals surface area contributed by atoms with Crippen LogP contribution in [0.4, 0.5) is 0 Å². The van der Waals surface area contributed by atoms with E-state index in [1.54, 1.807) is 0 Å². The third-order valence-corrected chi connectivity index (χ3v) is 5.07. The first-order valence-corrected chi connectivity index (χ1v) is 9.86. The minimum absolute atomic E-state index is 0.0180. The monoisotopic (exact) mass is 359 g/mol. The Bertz CT molecular complexity index is 576. The first-order valence-electron chi connectivity index (χ1n) is 8.21. The molecular formula is C17H29NO5S. The van der Waals surface area contributed by atoms with Crippen LogP contribution >= 0.6 is 0 Å². The number of hydrogen-bond donors (Lipinski definition) is 1. The first-order chi connectivity index (χ1) is 11.4. The quantitative estimate of drug-likeness (QED) is 0.459. The Morgan fingerprint density at radius 2 is 2.00 bits per heavy atom. The van der Waals surface area contributed by atoms with E-state index in [1.807, 2.05) is 38.1 Å². The lowest BCUT2D eigenvalue weighted by Gasteiger charge is -2.17. The maximum absolute atomic E-state index is 12.1. The number of sulfonamides is 1. The molecule has 0 saturated carbocycles. The number of ether oxygens (including phenoxy) is 3. The smallest absolute Gasteiger partial charge is 0.212 e. The highest BCUT2D eigenvalue weighted by molar-refractivity contribution is 7.89. The lowest BCUT2D eigenvalue weighted by Crippen LogP contribution is -2.29. The Kier molecular flexibility index (Phi) is 9.28. The van der Waals surface area contributed by atoms with Gasteiger partial charge in [-0.2, -0.15) is 0 Å². The van der Waals surface area contributed by atoms with Gasteiger partial charge in [-0.3, -0.25) is 0 Å². The molecule has 0 aliphatic carbocycles. The molecule has 2 atom stereocenters. The van der Waals surface area contributed by atoms with E-state index in [4.69, 9.17) is 14.2 Å². The van der Waals surface area contributed by atoms with Crippen LogP contribution in [0.5, 0.6) is 5.75 Å². The fourth-order valence-corrected chi connectivity index (χ4v) is 3.35. The molecule has 1 aromatic carbocycles. The Morgan fingerprint density at radius 1 is 1.25 bits per heavy atom. The lowest BCUT2D eigenvalue weighted by molar-refractivity contribution is -0.0298. The Hall–Kier alpha value is -1.15. The van der Waals surface area contributed by atoms with E-state index in [0.717, 1.165) is 17.7 Å². The highest BCUT2D eigenvalue weighted by Crippen LogP contribution is 2.21. The van der Waals surface area contributed by atoms with Gasteiger partial charge in [0.05, 0.1) is 18.5 Å². The number of nitrogens with one attached hydrogen (secondary N) is 1. The van der Waals surface area contributed by atoms with Crippen LogP contribution in [0.3, 0.4) is 0 Å². The third-order valence-electron chi connectivity index (χ3n) is 3.53. The average molecular weight is 359 g/mol. The molecule has 0 radical (unpaired) electrons. The van der Waals surface area contributed by atoms with Crippen molar-refractivity contribution < 1.29 is 22.6 Å². The van der Waals surface area contributed by atoms with Crippen LogP contribution in [0.2, 0.25) is 0 Å². The number of rotatable bonds is 12. The van der Waals surface area contributed by atoms with Crippen molar-refractivity contribution in [2.24, 2.45) is 0 Å². The van der Waals surface area contributed by atoms with E-state index < -0.39 is 10.0 Å². The predicted octanol–water partition coefficient (Wildman–Crippen LogP) is 2.85. The molecule has 0 fully saturated rings. The fourth-order valence-electron chi connectivity index (χ4n) is 2.06. The zero-order chi connectivity index (χ0) is 18.0. The number of benzene rings is 1. The molecule has 0 unspecified atom stereocenters. The van der Waals surface area contributed by atoms with Crippen LogP contribution < -0.4 is 9.46 Å². The molecule has 1 rings (SSSR count). The summed E-state index contributed by atoms with van der Waals surface area (Å²) in [5, 5.41) is 0. The second-order valence-corrected chi connectivity index (χ2v) is 7.61. The van der Waals surface area contributed by atoms with Crippen molar-refractivity contribution in [1.29, 1.82) is 0 Å². The summed E-state index contributed by atoms with van der Waals surface area (Å²) in [4.78, 5) is 0. The molecule has 0 spiro atoms. The molecule has 0 heterocycles. The van der Waals surface area contributed by atoms with Gasteiger partial charge < -0.3 is 14.2 Å². The van der Waals surface area contributed by atoms with Gasteiger partial charge in [-0.05, 0) is 44.4 Å². The zero-order valence-corrected chi connectivity index (χ0v) is 15.8. The molecule has 138 valence electrons. The van der Waals surface area contributed by atoms with Crippen molar-refractivity contribution in [2.75, 3.05) is 26.3 Å². The Morgan fingerprint density at radius 3 is 2.67 bits per heavy atom. The van der Waals surface area contributed by atoms with E-state index >= 15 is 0 Å². The van der Waals surface area contributed by atoms with Crippen LogP contribution in [0.25, 0.3) is 0 Å². The maximum atomic E-state index is 12.1. The molecule has 1 aromatic rings. The summed E-state index contributed by atoms with van der Waals surface area (Å²) < 4.78 is 42.6. The normalized spacial score (nSPS) is 14.3. The van der Waals surface area contributed by atoms with E-state index in [2.05, 4.69) is 11.6 Å². The molecule has 6 nitrogen and oxygen atoms in total. The Balaban J connectivity index is 2.56. The summed E-state index contributed by atoms with van der Waals surface area (Å²) in [6.07, 6.45) is 1.46. The van der Waals surface area contributed by atoms with Gasteiger partial charge in [0.2, 0.25) is 10.0 Å². The molecule has 1 N–H and O–H groups in total. The van der Waals surface area contributed by atoms with Crippen LogP contribution in [-0.4, -0.2) is 40.8 Å². The third kappa shape index (κ3) is 8.10. The van der Waals surface area contributed by atoms with E-state index in [-0.39, 0.29) is 24.7 Å². The van der Waals surface area contributed by atoms with E-state index in [1.165, 1.54) is 7.11 Å². The minimum Gasteiger partial charge on any atom is -0.491 e. The summed E-state index contributed by atoms with van der Waals surface area (Å²) in [6.45, 7) is 6.40. The van der Waals surface area contributed by atoms with Gasteiger partial charge in [-0.1, -0.05) is 19.1 Å². The first kappa shape index (κ1) is 20.9. The summed E-state index contributed by atoms with van der Waals surface area (Å²) in [6, 6.07) is 7.19. The lowest BCUT2D eigenvalue weighted by atomic mass is 10.1. The van der Waals surface area contributed by atoms with Crippen molar-refractivity contribution in [3.05, 3.63) is 29.8 Å². The molecule has 24 heavy (non-hydrogen) atoms. The fraction of sp³-hybridized carbons (Fsp3) is 0.647. The molecular weight excluding hydrogens is 330 g/mol. The summed E-state index contributed by atoms with van der Waals surface area (Å²) in [5.74, 6) is 0.769. The van der Waals surface area contributed by atoms with Crippen LogP contribution in [0, 0.1) is 0 Å². The van der Waals surface area contributed by atoms with Gasteiger partial charge in [0.1, 0.15) is 12.5 Å². The van der Waals surface area contributed by atoms with Gasteiger partial charge in [0.15, 0.2) is 0 Å². The summed E-state index contributed by atoms with van der Waals surface area (Å²) in [7, 11) is -1.84. The molecule has 0 aliphatic rings. The SMILES string of the molecule is CC[C@@H](C)Oc1cccc([C@@H](C)NS(=O)(=O)CCCOCOC)c1. The van der Waals surface area contributed by atoms with Gasteiger partial charge in [0, 0.05) is 13.2 Å². The molecule has 0 aromatic heterocycles.